The van der Waals surface area contributed by atoms with Gasteiger partial charge in [-0.1, -0.05) is 37.6 Å². The highest BCUT2D eigenvalue weighted by Gasteiger charge is 2.12. The van der Waals surface area contributed by atoms with Gasteiger partial charge in [0.2, 0.25) is 5.91 Å². The Kier molecular flexibility index (Phi) is 5.45. The van der Waals surface area contributed by atoms with Gasteiger partial charge in [-0.15, -0.1) is 0 Å². The number of likely N-dealkylation sites (N-methyl/N-ethyl adjacent to an activating group) is 1. The zero-order valence-electron chi connectivity index (χ0n) is 10.3. The summed E-state index contributed by atoms with van der Waals surface area (Å²) >= 11 is 5.96. The monoisotopic (exact) mass is 254 g/mol. The summed E-state index contributed by atoms with van der Waals surface area (Å²) in [4.78, 5) is 12.9. The number of benzene rings is 1. The van der Waals surface area contributed by atoms with E-state index in [1.54, 1.807) is 0 Å². The van der Waals surface area contributed by atoms with Gasteiger partial charge in [0.05, 0.1) is 6.54 Å². The van der Waals surface area contributed by atoms with E-state index in [9.17, 15) is 4.79 Å². The van der Waals surface area contributed by atoms with Crippen LogP contribution in [0.2, 0.25) is 5.02 Å². The smallest absolute Gasteiger partial charge is 0.231 e. The van der Waals surface area contributed by atoms with E-state index in [4.69, 9.17) is 17.3 Å². The highest BCUT2D eigenvalue weighted by atomic mass is 35.5. The van der Waals surface area contributed by atoms with Crippen LogP contribution in [-0.4, -0.2) is 30.4 Å². The van der Waals surface area contributed by atoms with E-state index < -0.39 is 0 Å². The summed E-state index contributed by atoms with van der Waals surface area (Å²) < 4.78 is 0. The number of nitrogens with two attached hydrogens (primary N) is 1. The lowest BCUT2D eigenvalue weighted by Crippen LogP contribution is -2.36. The maximum Gasteiger partial charge on any atom is 0.231 e. The van der Waals surface area contributed by atoms with Gasteiger partial charge < -0.3 is 5.73 Å². The van der Waals surface area contributed by atoms with E-state index in [1.807, 2.05) is 30.0 Å². The van der Waals surface area contributed by atoms with Crippen LogP contribution in [0, 0.1) is 0 Å². The number of carbonyl (C=O) groups excluding carboxylic acids is 1. The van der Waals surface area contributed by atoms with Crippen molar-refractivity contribution in [3.05, 3.63) is 34.9 Å². The van der Waals surface area contributed by atoms with Gasteiger partial charge in [0.15, 0.2) is 0 Å². The minimum atomic E-state index is -0.287. The minimum Gasteiger partial charge on any atom is -0.369 e. The lowest BCUT2D eigenvalue weighted by Gasteiger charge is -2.23. The van der Waals surface area contributed by atoms with Crippen LogP contribution in [0.4, 0.5) is 0 Å². The van der Waals surface area contributed by atoms with Crippen LogP contribution in [0.5, 0.6) is 0 Å². The van der Waals surface area contributed by atoms with Crippen LogP contribution >= 0.6 is 11.6 Å². The number of nitrogens with zero attached hydrogens (tertiary/aromatic N) is 1. The second-order valence-electron chi connectivity index (χ2n) is 4.25. The summed E-state index contributed by atoms with van der Waals surface area (Å²) in [6.07, 6.45) is 0. The summed E-state index contributed by atoms with van der Waals surface area (Å²) in [5.41, 5.74) is 6.39. The predicted octanol–water partition coefficient (Wildman–Crippen LogP) is 2.25. The molecule has 4 heteroatoms. The maximum atomic E-state index is 10.9. The Labute approximate surface area is 108 Å². The number of amides is 1. The summed E-state index contributed by atoms with van der Waals surface area (Å²) in [6, 6.07) is 7.82. The Balaban J connectivity index is 2.63. The van der Waals surface area contributed by atoms with Crippen molar-refractivity contribution in [1.29, 1.82) is 0 Å². The summed E-state index contributed by atoms with van der Waals surface area (Å²) in [5.74, 6) is 0.0399. The van der Waals surface area contributed by atoms with Gasteiger partial charge in [0, 0.05) is 11.6 Å². The van der Waals surface area contributed by atoms with Crippen molar-refractivity contribution in [3.8, 4) is 0 Å². The number of halogens is 1. The SMILES string of the molecule is CCN(CC(N)=O)CC(C)c1cccc(Cl)c1. The van der Waals surface area contributed by atoms with E-state index in [2.05, 4.69) is 13.0 Å². The standard InChI is InChI=1S/C13H19ClN2O/c1-3-16(9-13(15)17)8-10(2)11-5-4-6-12(14)7-11/h4-7,10H,3,8-9H2,1-2H3,(H2,15,17). The molecule has 0 heterocycles. The zero-order chi connectivity index (χ0) is 12.8. The third-order valence-electron chi connectivity index (χ3n) is 2.78. The molecule has 1 rings (SSSR count). The number of rotatable bonds is 6. The van der Waals surface area contributed by atoms with Crippen molar-refractivity contribution in [2.24, 2.45) is 5.73 Å². The summed E-state index contributed by atoms with van der Waals surface area (Å²) in [5, 5.41) is 0.743. The summed E-state index contributed by atoms with van der Waals surface area (Å²) in [7, 11) is 0. The highest BCUT2D eigenvalue weighted by Crippen LogP contribution is 2.20. The molecule has 0 fully saturated rings. The van der Waals surface area contributed by atoms with Crippen molar-refractivity contribution >= 4 is 17.5 Å². The number of carbonyl (C=O) groups is 1. The molecule has 0 spiro atoms. The Morgan fingerprint density at radius 3 is 2.76 bits per heavy atom. The van der Waals surface area contributed by atoms with E-state index in [0.29, 0.717) is 12.5 Å². The van der Waals surface area contributed by atoms with Crippen LogP contribution in [0.1, 0.15) is 25.3 Å². The molecule has 94 valence electrons. The highest BCUT2D eigenvalue weighted by molar-refractivity contribution is 6.30. The van der Waals surface area contributed by atoms with E-state index in [1.165, 1.54) is 5.56 Å². The molecule has 0 bridgehead atoms. The molecule has 1 unspecified atom stereocenters. The van der Waals surface area contributed by atoms with Gasteiger partial charge in [0.25, 0.3) is 0 Å². The topological polar surface area (TPSA) is 46.3 Å². The van der Waals surface area contributed by atoms with Crippen molar-refractivity contribution < 1.29 is 4.79 Å². The predicted molar refractivity (Wildman–Crippen MR) is 71.2 cm³/mol. The molecule has 1 amide bonds. The fourth-order valence-electron chi connectivity index (χ4n) is 1.83. The summed E-state index contributed by atoms with van der Waals surface area (Å²) in [6.45, 7) is 6.07. The number of hydrogen-bond donors (Lipinski definition) is 1. The van der Waals surface area contributed by atoms with Gasteiger partial charge in [0.1, 0.15) is 0 Å². The number of primary amides is 1. The van der Waals surface area contributed by atoms with Crippen molar-refractivity contribution in [1.82, 2.24) is 4.90 Å². The minimum absolute atomic E-state index is 0.287. The van der Waals surface area contributed by atoms with Crippen molar-refractivity contribution in [2.45, 2.75) is 19.8 Å². The normalized spacial score (nSPS) is 12.7. The average Bonchev–Trinajstić information content (AvgIpc) is 2.27. The second kappa shape index (κ2) is 6.62. The second-order valence-corrected chi connectivity index (χ2v) is 4.69. The van der Waals surface area contributed by atoms with Crippen molar-refractivity contribution in [3.63, 3.8) is 0 Å². The van der Waals surface area contributed by atoms with E-state index >= 15 is 0 Å². The molecule has 0 aliphatic heterocycles. The first-order chi connectivity index (χ1) is 8.02. The van der Waals surface area contributed by atoms with E-state index in [-0.39, 0.29) is 5.91 Å². The van der Waals surface area contributed by atoms with Gasteiger partial charge >= 0.3 is 0 Å². The lowest BCUT2D eigenvalue weighted by atomic mass is 10.0. The lowest BCUT2D eigenvalue weighted by molar-refractivity contribution is -0.119. The molecule has 0 saturated heterocycles. The molecule has 0 radical (unpaired) electrons. The van der Waals surface area contributed by atoms with E-state index in [0.717, 1.165) is 18.1 Å². The molecule has 1 aromatic carbocycles. The van der Waals surface area contributed by atoms with Crippen LogP contribution < -0.4 is 5.73 Å². The zero-order valence-corrected chi connectivity index (χ0v) is 11.1. The molecule has 0 aromatic heterocycles. The third kappa shape index (κ3) is 4.75. The molecule has 1 atom stereocenters. The fraction of sp³-hybridized carbons (Fsp3) is 0.462. The molecular weight excluding hydrogens is 236 g/mol. The molecule has 0 aliphatic rings. The Morgan fingerprint density at radius 1 is 1.53 bits per heavy atom. The Bertz CT molecular complexity index is 381. The first-order valence-corrected chi connectivity index (χ1v) is 6.16. The van der Waals surface area contributed by atoms with Crippen LogP contribution in [0.25, 0.3) is 0 Å². The average molecular weight is 255 g/mol. The quantitative estimate of drug-likeness (QED) is 0.846. The van der Waals surface area contributed by atoms with Gasteiger partial charge in [-0.2, -0.15) is 0 Å². The molecule has 2 N–H and O–H groups in total. The third-order valence-corrected chi connectivity index (χ3v) is 3.01. The van der Waals surface area contributed by atoms with Crippen LogP contribution in [0.15, 0.2) is 24.3 Å². The molecule has 0 aliphatic carbocycles. The van der Waals surface area contributed by atoms with Crippen LogP contribution in [0.3, 0.4) is 0 Å². The molecule has 17 heavy (non-hydrogen) atoms. The molecule has 3 nitrogen and oxygen atoms in total. The van der Waals surface area contributed by atoms with Gasteiger partial charge in [-0.3, -0.25) is 9.69 Å². The first-order valence-electron chi connectivity index (χ1n) is 5.79. The fourth-order valence-corrected chi connectivity index (χ4v) is 2.03. The van der Waals surface area contributed by atoms with Crippen molar-refractivity contribution in [2.75, 3.05) is 19.6 Å². The van der Waals surface area contributed by atoms with Gasteiger partial charge in [-0.05, 0) is 30.2 Å². The number of hydrogen-bond acceptors (Lipinski definition) is 2. The molecular formula is C13H19ClN2O. The Morgan fingerprint density at radius 2 is 2.24 bits per heavy atom. The maximum absolute atomic E-state index is 10.9. The Hall–Kier alpha value is -1.06. The van der Waals surface area contributed by atoms with Crippen LogP contribution in [-0.2, 0) is 4.79 Å². The largest absolute Gasteiger partial charge is 0.369 e. The molecule has 1 aromatic rings. The first kappa shape index (κ1) is 14.0. The van der Waals surface area contributed by atoms with Gasteiger partial charge in [-0.25, -0.2) is 0 Å². The molecule has 0 saturated carbocycles.